The Morgan fingerprint density at radius 2 is 1.84 bits per heavy atom. The minimum absolute atomic E-state index is 0.0209. The highest BCUT2D eigenvalue weighted by Gasteiger charge is 2.24. The highest BCUT2D eigenvalue weighted by atomic mass is 16.6. The zero-order chi connectivity index (χ0) is 23.3. The number of methoxy groups -OCH3 is 1. The molecule has 4 N–H and O–H groups in total. The van der Waals surface area contributed by atoms with Crippen molar-refractivity contribution in [2.45, 2.75) is 13.0 Å². The number of nitrogens with one attached hydrogen (secondary N) is 2. The lowest BCUT2D eigenvalue weighted by Crippen LogP contribution is -2.28. The molecule has 0 spiro atoms. The van der Waals surface area contributed by atoms with E-state index in [2.05, 4.69) is 20.6 Å². The highest BCUT2D eigenvalue weighted by molar-refractivity contribution is 5.74. The van der Waals surface area contributed by atoms with E-state index in [-0.39, 0.29) is 29.3 Å². The molecule has 0 saturated carbocycles. The fourth-order valence-electron chi connectivity index (χ4n) is 3.29. The number of nitrogens with zero attached hydrogens (tertiary/aromatic N) is 4. The Morgan fingerprint density at radius 3 is 2.47 bits per heavy atom. The van der Waals surface area contributed by atoms with Gasteiger partial charge in [0, 0.05) is 17.8 Å². The number of hydrogen-bond acceptors (Lipinski definition) is 9. The molecule has 10 nitrogen and oxygen atoms in total. The summed E-state index contributed by atoms with van der Waals surface area (Å²) in [5.41, 5.74) is 8.26. The lowest BCUT2D eigenvalue weighted by atomic mass is 10.0. The van der Waals surface area contributed by atoms with E-state index in [1.807, 2.05) is 74.4 Å². The van der Waals surface area contributed by atoms with Crippen LogP contribution in [0.25, 0.3) is 0 Å². The predicted octanol–water partition coefficient (Wildman–Crippen LogP) is 3.74. The van der Waals surface area contributed by atoms with Crippen molar-refractivity contribution in [3.8, 4) is 5.75 Å². The first kappa shape index (κ1) is 22.8. The lowest BCUT2D eigenvalue weighted by Gasteiger charge is -2.26. The third kappa shape index (κ3) is 5.22. The van der Waals surface area contributed by atoms with Crippen LogP contribution >= 0.6 is 0 Å². The quantitative estimate of drug-likeness (QED) is 0.338. The molecule has 0 bridgehead atoms. The van der Waals surface area contributed by atoms with Crippen molar-refractivity contribution < 1.29 is 9.66 Å². The fraction of sp³-hybridized carbons (Fsp3) is 0.273. The number of ether oxygens (including phenoxy) is 1. The molecular formula is C22H27N7O3. The molecule has 0 fully saturated rings. The Bertz CT molecular complexity index is 1090. The number of likely N-dealkylation sites (N-methyl/N-ethyl adjacent to an activating group) is 1. The van der Waals surface area contributed by atoms with Crippen LogP contribution in [0, 0.1) is 17.0 Å². The van der Waals surface area contributed by atoms with Crippen molar-refractivity contribution in [2.75, 3.05) is 44.1 Å². The maximum absolute atomic E-state index is 11.6. The summed E-state index contributed by atoms with van der Waals surface area (Å²) in [5, 5.41) is 17.7. The molecule has 1 heterocycles. The minimum atomic E-state index is -0.590. The van der Waals surface area contributed by atoms with Gasteiger partial charge in [0.2, 0.25) is 17.6 Å². The topological polar surface area (TPSA) is 131 Å². The number of aromatic nitrogens is 2. The van der Waals surface area contributed by atoms with Gasteiger partial charge in [-0.25, -0.2) is 0 Å². The molecule has 2 aromatic carbocycles. The average Bonchev–Trinajstić information content (AvgIpc) is 2.75. The summed E-state index contributed by atoms with van der Waals surface area (Å²) < 4.78 is 5.49. The number of hydrogen-bond donors (Lipinski definition) is 3. The number of rotatable bonds is 9. The highest BCUT2D eigenvalue weighted by Crippen LogP contribution is 2.32. The summed E-state index contributed by atoms with van der Waals surface area (Å²) in [6.45, 7) is 2.38. The van der Waals surface area contributed by atoms with Crippen molar-refractivity contribution in [3.05, 3.63) is 69.8 Å². The first-order valence-corrected chi connectivity index (χ1v) is 9.99. The largest absolute Gasteiger partial charge is 0.496 e. The van der Waals surface area contributed by atoms with Gasteiger partial charge in [-0.3, -0.25) is 10.1 Å². The fourth-order valence-corrected chi connectivity index (χ4v) is 3.29. The Hall–Kier alpha value is -3.92. The van der Waals surface area contributed by atoms with Gasteiger partial charge in [0.25, 0.3) is 0 Å². The number of nitro groups is 1. The van der Waals surface area contributed by atoms with Crippen LogP contribution in [0.4, 0.5) is 29.0 Å². The van der Waals surface area contributed by atoms with Gasteiger partial charge in [0.05, 0.1) is 18.1 Å². The van der Waals surface area contributed by atoms with Crippen LogP contribution in [0.5, 0.6) is 5.75 Å². The van der Waals surface area contributed by atoms with Gasteiger partial charge < -0.3 is 26.0 Å². The smallest absolute Gasteiger partial charge is 0.353 e. The van der Waals surface area contributed by atoms with Crippen molar-refractivity contribution in [1.82, 2.24) is 14.9 Å². The lowest BCUT2D eigenvalue weighted by molar-refractivity contribution is -0.383. The molecule has 0 saturated heterocycles. The number of nitrogens with two attached hydrogens (primary N) is 1. The average molecular weight is 438 g/mol. The molecule has 168 valence electrons. The number of para-hydroxylation sites is 1. The Balaban J connectivity index is 1.89. The van der Waals surface area contributed by atoms with Crippen molar-refractivity contribution in [1.29, 1.82) is 0 Å². The summed E-state index contributed by atoms with van der Waals surface area (Å²) in [5.74, 6) is 0.747. The Kier molecular flexibility index (Phi) is 7.06. The van der Waals surface area contributed by atoms with Gasteiger partial charge in [-0.05, 0) is 39.2 Å². The van der Waals surface area contributed by atoms with Gasteiger partial charge in [0.15, 0.2) is 0 Å². The normalized spacial score (nSPS) is 11.8. The maximum atomic E-state index is 11.6. The van der Waals surface area contributed by atoms with E-state index in [0.29, 0.717) is 12.2 Å². The van der Waals surface area contributed by atoms with Gasteiger partial charge in [0.1, 0.15) is 5.75 Å². The van der Waals surface area contributed by atoms with Crippen LogP contribution in [0.2, 0.25) is 0 Å². The van der Waals surface area contributed by atoms with Crippen LogP contribution < -0.4 is 21.1 Å². The first-order chi connectivity index (χ1) is 15.3. The number of aryl methyl sites for hydroxylation is 1. The summed E-state index contributed by atoms with van der Waals surface area (Å²) in [7, 11) is 5.53. The zero-order valence-electron chi connectivity index (χ0n) is 18.5. The molecule has 3 aromatic rings. The third-order valence-electron chi connectivity index (χ3n) is 4.98. The third-order valence-corrected chi connectivity index (χ3v) is 4.98. The molecule has 32 heavy (non-hydrogen) atoms. The molecule has 0 aliphatic rings. The van der Waals surface area contributed by atoms with Crippen LogP contribution in [0.15, 0.2) is 48.5 Å². The molecule has 1 atom stereocenters. The van der Waals surface area contributed by atoms with Gasteiger partial charge >= 0.3 is 5.69 Å². The molecule has 0 aliphatic carbocycles. The van der Waals surface area contributed by atoms with Gasteiger partial charge in [-0.15, -0.1) is 0 Å². The Labute approximate surface area is 186 Å². The second-order valence-corrected chi connectivity index (χ2v) is 7.48. The van der Waals surface area contributed by atoms with E-state index < -0.39 is 4.92 Å². The van der Waals surface area contributed by atoms with Crippen LogP contribution in [0.3, 0.4) is 0 Å². The second kappa shape index (κ2) is 9.92. The van der Waals surface area contributed by atoms with Crippen molar-refractivity contribution in [3.63, 3.8) is 0 Å². The van der Waals surface area contributed by atoms with E-state index in [1.165, 1.54) is 0 Å². The summed E-state index contributed by atoms with van der Waals surface area (Å²) in [6, 6.07) is 15.1. The summed E-state index contributed by atoms with van der Waals surface area (Å²) >= 11 is 0. The minimum Gasteiger partial charge on any atom is -0.496 e. The van der Waals surface area contributed by atoms with E-state index in [0.717, 1.165) is 16.9 Å². The molecular weight excluding hydrogens is 410 g/mol. The molecule has 10 heteroatoms. The molecule has 0 radical (unpaired) electrons. The maximum Gasteiger partial charge on any atom is 0.353 e. The molecule has 1 unspecified atom stereocenters. The molecule has 0 aliphatic heterocycles. The molecule has 1 aromatic heterocycles. The van der Waals surface area contributed by atoms with Crippen molar-refractivity contribution in [2.24, 2.45) is 0 Å². The second-order valence-electron chi connectivity index (χ2n) is 7.48. The first-order valence-electron chi connectivity index (χ1n) is 9.99. The predicted molar refractivity (Wildman–Crippen MR) is 125 cm³/mol. The number of benzene rings is 2. The van der Waals surface area contributed by atoms with E-state index in [9.17, 15) is 10.1 Å². The van der Waals surface area contributed by atoms with Gasteiger partial charge in [-0.1, -0.05) is 35.9 Å². The SMILES string of the molecule is COc1ccccc1C(CNc1nc(N)c([N+](=O)[O-])c(Nc2ccc(C)cc2)n1)N(C)C. The van der Waals surface area contributed by atoms with Crippen LogP contribution in [0.1, 0.15) is 17.2 Å². The molecule has 3 rings (SSSR count). The number of nitrogen functional groups attached to an aromatic ring is 1. The van der Waals surface area contributed by atoms with Gasteiger partial charge in [-0.2, -0.15) is 9.97 Å². The monoisotopic (exact) mass is 437 g/mol. The summed E-state index contributed by atoms with van der Waals surface area (Å²) in [6.07, 6.45) is 0. The zero-order valence-corrected chi connectivity index (χ0v) is 18.5. The van der Waals surface area contributed by atoms with Crippen LogP contribution in [-0.2, 0) is 0 Å². The number of anilines is 4. The summed E-state index contributed by atoms with van der Waals surface area (Å²) in [4.78, 5) is 21.5. The van der Waals surface area contributed by atoms with E-state index in [1.54, 1.807) is 7.11 Å². The Morgan fingerprint density at radius 1 is 1.16 bits per heavy atom. The standard InChI is InChI=1S/C22H27N7O3/c1-14-9-11-15(12-10-14)25-21-19(29(30)31)20(23)26-22(27-21)24-13-17(28(2)3)16-7-5-6-8-18(16)32-4/h5-12,17H,13H2,1-4H3,(H4,23,24,25,26,27). The molecule has 0 amide bonds. The van der Waals surface area contributed by atoms with E-state index >= 15 is 0 Å². The van der Waals surface area contributed by atoms with Crippen LogP contribution in [-0.4, -0.2) is 47.5 Å². The van der Waals surface area contributed by atoms with E-state index in [4.69, 9.17) is 10.5 Å². The van der Waals surface area contributed by atoms with Crippen molar-refractivity contribution >= 4 is 29.0 Å².